The van der Waals surface area contributed by atoms with Crippen LogP contribution in [-0.4, -0.2) is 37.3 Å². The summed E-state index contributed by atoms with van der Waals surface area (Å²) in [5, 5.41) is 0. The summed E-state index contributed by atoms with van der Waals surface area (Å²) in [7, 11) is -3.00. The van der Waals surface area contributed by atoms with E-state index in [1.54, 1.807) is 4.90 Å². The van der Waals surface area contributed by atoms with Crippen LogP contribution in [0.5, 0.6) is 0 Å². The fraction of sp³-hybridized carbons (Fsp3) is 0.500. The second kappa shape index (κ2) is 5.74. The summed E-state index contributed by atoms with van der Waals surface area (Å²) >= 11 is 0. The van der Waals surface area contributed by atoms with Gasteiger partial charge >= 0.3 is 0 Å². The van der Waals surface area contributed by atoms with Crippen LogP contribution in [-0.2, 0) is 21.2 Å². The number of hydrogen-bond donors (Lipinski definition) is 0. The minimum Gasteiger partial charge on any atom is -0.338 e. The molecule has 1 saturated heterocycles. The second-order valence-electron chi connectivity index (χ2n) is 4.94. The van der Waals surface area contributed by atoms with Crippen molar-refractivity contribution in [2.24, 2.45) is 5.92 Å². The van der Waals surface area contributed by atoms with E-state index in [2.05, 4.69) is 0 Å². The van der Waals surface area contributed by atoms with Gasteiger partial charge in [0.05, 0.1) is 17.4 Å². The van der Waals surface area contributed by atoms with Crippen molar-refractivity contribution >= 4 is 15.7 Å². The third kappa shape index (κ3) is 3.56. The smallest absolute Gasteiger partial charge is 0.227 e. The molecule has 1 heterocycles. The Morgan fingerprint density at radius 3 is 2.53 bits per heavy atom. The molecule has 1 atom stereocenters. The van der Waals surface area contributed by atoms with E-state index in [1.807, 2.05) is 37.3 Å². The Kier molecular flexibility index (Phi) is 4.24. The summed E-state index contributed by atoms with van der Waals surface area (Å²) in [5.41, 5.74) is 1.07. The van der Waals surface area contributed by atoms with Gasteiger partial charge in [0.25, 0.3) is 0 Å². The van der Waals surface area contributed by atoms with Gasteiger partial charge in [-0.05, 0) is 18.9 Å². The highest BCUT2D eigenvalue weighted by molar-refractivity contribution is 7.91. The van der Waals surface area contributed by atoms with Crippen LogP contribution < -0.4 is 0 Å². The van der Waals surface area contributed by atoms with Crippen molar-refractivity contribution in [1.29, 1.82) is 0 Å². The molecule has 1 aliphatic rings. The molecular weight excluding hydrogens is 262 g/mol. The first-order chi connectivity index (χ1) is 9.02. The monoisotopic (exact) mass is 281 g/mol. The Morgan fingerprint density at radius 2 is 2.00 bits per heavy atom. The van der Waals surface area contributed by atoms with Crippen molar-refractivity contribution in [3.05, 3.63) is 35.9 Å². The summed E-state index contributed by atoms with van der Waals surface area (Å²) in [6, 6.07) is 9.76. The van der Waals surface area contributed by atoms with E-state index in [-0.39, 0.29) is 23.3 Å². The maximum Gasteiger partial charge on any atom is 0.227 e. The number of rotatable bonds is 4. The molecule has 2 rings (SSSR count). The van der Waals surface area contributed by atoms with Crippen molar-refractivity contribution in [1.82, 2.24) is 4.90 Å². The lowest BCUT2D eigenvalue weighted by molar-refractivity contribution is -0.135. The van der Waals surface area contributed by atoms with Crippen LogP contribution in [0.25, 0.3) is 0 Å². The Bertz CT molecular complexity index is 539. The molecule has 1 aliphatic heterocycles. The predicted molar refractivity (Wildman–Crippen MR) is 74.3 cm³/mol. The van der Waals surface area contributed by atoms with Gasteiger partial charge in [-0.25, -0.2) is 8.42 Å². The zero-order chi connectivity index (χ0) is 13.9. The van der Waals surface area contributed by atoms with Gasteiger partial charge in [-0.1, -0.05) is 30.3 Å². The largest absolute Gasteiger partial charge is 0.338 e. The predicted octanol–water partition coefficient (Wildman–Crippen LogP) is 1.47. The average molecular weight is 281 g/mol. The molecule has 1 aromatic carbocycles. The van der Waals surface area contributed by atoms with E-state index >= 15 is 0 Å². The van der Waals surface area contributed by atoms with Gasteiger partial charge in [0.1, 0.15) is 0 Å². The van der Waals surface area contributed by atoms with Crippen molar-refractivity contribution in [3.8, 4) is 0 Å². The number of hydrogen-bond acceptors (Lipinski definition) is 3. The van der Waals surface area contributed by atoms with Crippen LogP contribution in [0, 0.1) is 5.92 Å². The van der Waals surface area contributed by atoms with Crippen molar-refractivity contribution < 1.29 is 13.2 Å². The molecule has 1 unspecified atom stereocenters. The lowest BCUT2D eigenvalue weighted by Crippen LogP contribution is -2.36. The first-order valence-electron chi connectivity index (χ1n) is 6.55. The number of carbonyl (C=O) groups excluding carboxylic acids is 1. The number of sulfone groups is 1. The highest BCUT2D eigenvalue weighted by Crippen LogP contribution is 2.21. The molecule has 0 aliphatic carbocycles. The van der Waals surface area contributed by atoms with Crippen LogP contribution in [0.4, 0.5) is 0 Å². The van der Waals surface area contributed by atoms with E-state index < -0.39 is 9.84 Å². The molecule has 0 radical (unpaired) electrons. The standard InChI is InChI=1S/C14H19NO3S/c1-2-15(10-12-6-4-3-5-7-12)14(16)13-8-9-19(17,18)11-13/h3-7,13H,2,8-11H2,1H3. The lowest BCUT2D eigenvalue weighted by Gasteiger charge is -2.23. The van der Waals surface area contributed by atoms with E-state index in [0.717, 1.165) is 5.56 Å². The van der Waals surface area contributed by atoms with Crippen LogP contribution in [0.1, 0.15) is 18.9 Å². The molecular formula is C14H19NO3S. The fourth-order valence-electron chi connectivity index (χ4n) is 2.40. The van der Waals surface area contributed by atoms with Gasteiger partial charge < -0.3 is 4.90 Å². The molecule has 0 spiro atoms. The topological polar surface area (TPSA) is 54.5 Å². The quantitative estimate of drug-likeness (QED) is 0.840. The summed E-state index contributed by atoms with van der Waals surface area (Å²) in [4.78, 5) is 14.1. The van der Waals surface area contributed by atoms with Gasteiger partial charge in [0, 0.05) is 13.1 Å². The zero-order valence-electron chi connectivity index (χ0n) is 11.1. The van der Waals surface area contributed by atoms with E-state index in [0.29, 0.717) is 19.5 Å². The molecule has 4 nitrogen and oxygen atoms in total. The highest BCUT2D eigenvalue weighted by atomic mass is 32.2. The molecule has 0 N–H and O–H groups in total. The molecule has 5 heteroatoms. The molecule has 0 aromatic heterocycles. The highest BCUT2D eigenvalue weighted by Gasteiger charge is 2.34. The minimum atomic E-state index is -3.00. The van der Waals surface area contributed by atoms with Gasteiger partial charge in [0.2, 0.25) is 5.91 Å². The molecule has 1 aromatic rings. The Labute approximate surface area is 114 Å². The molecule has 1 amide bonds. The number of carbonyl (C=O) groups is 1. The van der Waals surface area contributed by atoms with Gasteiger partial charge in [0.15, 0.2) is 9.84 Å². The SMILES string of the molecule is CCN(Cc1ccccc1)C(=O)C1CCS(=O)(=O)C1. The zero-order valence-corrected chi connectivity index (χ0v) is 11.9. The molecule has 1 fully saturated rings. The van der Waals surface area contributed by atoms with Crippen molar-refractivity contribution in [3.63, 3.8) is 0 Å². The van der Waals surface area contributed by atoms with Crippen molar-refractivity contribution in [2.75, 3.05) is 18.1 Å². The number of nitrogens with zero attached hydrogens (tertiary/aromatic N) is 1. The average Bonchev–Trinajstić information content (AvgIpc) is 2.77. The van der Waals surface area contributed by atoms with Crippen LogP contribution in [0.2, 0.25) is 0 Å². The summed E-state index contributed by atoms with van der Waals surface area (Å²) in [6.07, 6.45) is 0.465. The second-order valence-corrected chi connectivity index (χ2v) is 7.17. The third-order valence-electron chi connectivity index (χ3n) is 3.49. The van der Waals surface area contributed by atoms with E-state index in [9.17, 15) is 13.2 Å². The Hall–Kier alpha value is -1.36. The van der Waals surface area contributed by atoms with Gasteiger partial charge in [-0.2, -0.15) is 0 Å². The number of benzene rings is 1. The fourth-order valence-corrected chi connectivity index (χ4v) is 4.13. The molecule has 0 saturated carbocycles. The molecule has 104 valence electrons. The van der Waals surface area contributed by atoms with E-state index in [1.165, 1.54) is 0 Å². The van der Waals surface area contributed by atoms with Gasteiger partial charge in [-0.3, -0.25) is 4.79 Å². The number of amides is 1. The molecule has 0 bridgehead atoms. The van der Waals surface area contributed by atoms with Crippen molar-refractivity contribution in [2.45, 2.75) is 19.9 Å². The van der Waals surface area contributed by atoms with Crippen LogP contribution >= 0.6 is 0 Å². The van der Waals surface area contributed by atoms with Crippen LogP contribution in [0.3, 0.4) is 0 Å². The van der Waals surface area contributed by atoms with Gasteiger partial charge in [-0.15, -0.1) is 0 Å². The summed E-state index contributed by atoms with van der Waals surface area (Å²) in [5.74, 6) is -0.232. The Balaban J connectivity index is 2.04. The van der Waals surface area contributed by atoms with E-state index in [4.69, 9.17) is 0 Å². The lowest BCUT2D eigenvalue weighted by atomic mass is 10.1. The first kappa shape index (κ1) is 14.1. The summed E-state index contributed by atoms with van der Waals surface area (Å²) in [6.45, 7) is 3.07. The molecule has 19 heavy (non-hydrogen) atoms. The minimum absolute atomic E-state index is 0.0110. The maximum atomic E-state index is 12.3. The third-order valence-corrected chi connectivity index (χ3v) is 5.26. The first-order valence-corrected chi connectivity index (χ1v) is 8.37. The van der Waals surface area contributed by atoms with Crippen LogP contribution in [0.15, 0.2) is 30.3 Å². The maximum absolute atomic E-state index is 12.3. The summed E-state index contributed by atoms with van der Waals surface area (Å²) < 4.78 is 22.9. The Morgan fingerprint density at radius 1 is 1.32 bits per heavy atom. The normalized spacial score (nSPS) is 21.2.